The van der Waals surface area contributed by atoms with E-state index in [-0.39, 0.29) is 4.90 Å². The van der Waals surface area contributed by atoms with Gasteiger partial charge in [0.05, 0.1) is 17.8 Å². The van der Waals surface area contributed by atoms with E-state index in [4.69, 9.17) is 14.9 Å². The zero-order valence-electron chi connectivity index (χ0n) is 9.03. The number of methoxy groups -OCH3 is 1. The van der Waals surface area contributed by atoms with E-state index < -0.39 is 27.7 Å². The maximum atomic E-state index is 11.7. The summed E-state index contributed by atoms with van der Waals surface area (Å²) in [6.45, 7) is 0. The van der Waals surface area contributed by atoms with Crippen LogP contribution < -0.4 is 4.74 Å². The zero-order valence-corrected chi connectivity index (χ0v) is 9.85. The molecule has 17 heavy (non-hydrogen) atoms. The van der Waals surface area contributed by atoms with E-state index in [1.807, 2.05) is 0 Å². The predicted octanol–water partition coefficient (Wildman–Crippen LogP) is -0.0856. The molecule has 1 aromatic rings. The molecule has 0 saturated heterocycles. The molecule has 0 aliphatic carbocycles. The summed E-state index contributed by atoms with van der Waals surface area (Å²) < 4.78 is 28.2. The van der Waals surface area contributed by atoms with Crippen LogP contribution in [-0.4, -0.2) is 43.6 Å². The second kappa shape index (κ2) is 5.15. The van der Waals surface area contributed by atoms with Gasteiger partial charge >= 0.3 is 5.97 Å². The summed E-state index contributed by atoms with van der Waals surface area (Å²) in [7, 11) is -2.37. The highest BCUT2D eigenvalue weighted by atomic mass is 32.2. The molecule has 0 aromatic heterocycles. The fourth-order valence-corrected chi connectivity index (χ4v) is 2.46. The Morgan fingerprint density at radius 3 is 2.29 bits per heavy atom. The number of rotatable bonds is 5. The van der Waals surface area contributed by atoms with E-state index in [0.717, 1.165) is 0 Å². The van der Waals surface area contributed by atoms with Gasteiger partial charge in [-0.1, -0.05) is 0 Å². The average Bonchev–Trinajstić information content (AvgIpc) is 2.28. The Morgan fingerprint density at radius 1 is 1.35 bits per heavy atom. The summed E-state index contributed by atoms with van der Waals surface area (Å²) >= 11 is 0. The Kier molecular flexibility index (Phi) is 4.08. The number of hydrogen-bond donors (Lipinski definition) is 2. The predicted molar refractivity (Wildman–Crippen MR) is 58.7 cm³/mol. The van der Waals surface area contributed by atoms with Crippen molar-refractivity contribution in [2.75, 3.05) is 12.9 Å². The molecule has 1 aromatic carbocycles. The van der Waals surface area contributed by atoms with Crippen LogP contribution in [0.2, 0.25) is 0 Å². The lowest BCUT2D eigenvalue weighted by molar-refractivity contribution is -0.145. The van der Waals surface area contributed by atoms with Gasteiger partial charge in [-0.2, -0.15) is 0 Å². The van der Waals surface area contributed by atoms with Gasteiger partial charge in [0.25, 0.3) is 0 Å². The fourth-order valence-electron chi connectivity index (χ4n) is 1.16. The van der Waals surface area contributed by atoms with E-state index in [9.17, 15) is 13.2 Å². The maximum Gasteiger partial charge on any atom is 0.333 e. The van der Waals surface area contributed by atoms with Crippen molar-refractivity contribution in [2.24, 2.45) is 0 Å². The second-order valence-electron chi connectivity index (χ2n) is 3.31. The Morgan fingerprint density at radius 2 is 1.88 bits per heavy atom. The van der Waals surface area contributed by atoms with Crippen molar-refractivity contribution in [3.63, 3.8) is 0 Å². The van der Waals surface area contributed by atoms with Gasteiger partial charge in [0.1, 0.15) is 5.75 Å². The number of aliphatic hydroxyl groups is 1. The lowest BCUT2D eigenvalue weighted by atomic mass is 10.3. The monoisotopic (exact) mass is 260 g/mol. The smallest absolute Gasteiger partial charge is 0.333 e. The van der Waals surface area contributed by atoms with E-state index in [0.29, 0.717) is 5.75 Å². The minimum Gasteiger partial charge on any atom is -0.497 e. The first-order valence-corrected chi connectivity index (χ1v) is 6.29. The summed E-state index contributed by atoms with van der Waals surface area (Å²) in [4.78, 5) is 10.3. The average molecular weight is 260 g/mol. The van der Waals surface area contributed by atoms with Crippen molar-refractivity contribution in [2.45, 2.75) is 11.0 Å². The number of aliphatic hydroxyl groups excluding tert-OH is 1. The van der Waals surface area contributed by atoms with Gasteiger partial charge in [-0.05, 0) is 24.3 Å². The van der Waals surface area contributed by atoms with Crippen molar-refractivity contribution in [3.8, 4) is 5.75 Å². The molecule has 6 nitrogen and oxygen atoms in total. The molecule has 0 bridgehead atoms. The molecular formula is C10H12O6S. The number of benzene rings is 1. The molecule has 0 saturated carbocycles. The summed E-state index contributed by atoms with van der Waals surface area (Å²) in [5.74, 6) is -1.93. The zero-order chi connectivity index (χ0) is 13.1. The number of sulfone groups is 1. The van der Waals surface area contributed by atoms with E-state index in [1.54, 1.807) is 0 Å². The highest BCUT2D eigenvalue weighted by Crippen LogP contribution is 2.17. The first-order valence-electron chi connectivity index (χ1n) is 4.64. The number of carboxylic acids is 1. The standard InChI is InChI=1S/C10H12O6S/c1-16-7-2-4-8(5-3-7)17(14,15)6-9(11)10(12)13/h2-5,9,11H,6H2,1H3,(H,12,13)/t9-/m1/s1. The van der Waals surface area contributed by atoms with Crippen LogP contribution >= 0.6 is 0 Å². The molecule has 0 aliphatic heterocycles. The van der Waals surface area contributed by atoms with Crippen molar-refractivity contribution in [1.29, 1.82) is 0 Å². The third kappa shape index (κ3) is 3.43. The summed E-state index contributed by atoms with van der Waals surface area (Å²) in [5, 5.41) is 17.5. The second-order valence-corrected chi connectivity index (χ2v) is 5.35. The molecule has 1 atom stereocenters. The minimum absolute atomic E-state index is 0.0569. The molecule has 1 rings (SSSR count). The summed E-state index contributed by atoms with van der Waals surface area (Å²) in [5.41, 5.74) is 0. The maximum absolute atomic E-state index is 11.7. The van der Waals surface area contributed by atoms with E-state index >= 15 is 0 Å². The molecule has 0 heterocycles. The van der Waals surface area contributed by atoms with Crippen LogP contribution in [0.25, 0.3) is 0 Å². The van der Waals surface area contributed by atoms with Crippen LogP contribution in [0.3, 0.4) is 0 Å². The largest absolute Gasteiger partial charge is 0.497 e. The third-order valence-electron chi connectivity index (χ3n) is 2.08. The van der Waals surface area contributed by atoms with Gasteiger partial charge in [-0.25, -0.2) is 13.2 Å². The van der Waals surface area contributed by atoms with Crippen LogP contribution in [0.5, 0.6) is 5.75 Å². The quantitative estimate of drug-likeness (QED) is 0.767. The summed E-state index contributed by atoms with van der Waals surface area (Å²) in [6, 6.07) is 5.48. The van der Waals surface area contributed by atoms with E-state index in [1.165, 1.54) is 31.4 Å². The molecule has 0 aliphatic rings. The van der Waals surface area contributed by atoms with Crippen LogP contribution in [0, 0.1) is 0 Å². The van der Waals surface area contributed by atoms with Crippen LogP contribution in [0.1, 0.15) is 0 Å². The topological polar surface area (TPSA) is 101 Å². The molecule has 7 heteroatoms. The van der Waals surface area contributed by atoms with Crippen molar-refractivity contribution >= 4 is 15.8 Å². The minimum atomic E-state index is -3.82. The Bertz CT molecular complexity index is 490. The molecule has 0 radical (unpaired) electrons. The fraction of sp³-hybridized carbons (Fsp3) is 0.300. The first kappa shape index (κ1) is 13.5. The molecule has 94 valence electrons. The number of carboxylic acid groups (broad SMARTS) is 1. The van der Waals surface area contributed by atoms with Gasteiger partial charge in [0, 0.05) is 0 Å². The molecular weight excluding hydrogens is 248 g/mol. The number of aliphatic carboxylic acids is 1. The number of carbonyl (C=O) groups is 1. The van der Waals surface area contributed by atoms with Crippen molar-refractivity contribution < 1.29 is 28.2 Å². The van der Waals surface area contributed by atoms with Gasteiger partial charge in [0.2, 0.25) is 0 Å². The number of hydrogen-bond acceptors (Lipinski definition) is 5. The highest BCUT2D eigenvalue weighted by Gasteiger charge is 2.24. The number of ether oxygens (including phenoxy) is 1. The lowest BCUT2D eigenvalue weighted by Crippen LogP contribution is -2.28. The van der Waals surface area contributed by atoms with Crippen molar-refractivity contribution in [1.82, 2.24) is 0 Å². The first-order chi connectivity index (χ1) is 7.86. The van der Waals surface area contributed by atoms with Gasteiger partial charge in [-0.15, -0.1) is 0 Å². The normalized spacial score (nSPS) is 13.1. The molecule has 0 amide bonds. The van der Waals surface area contributed by atoms with Crippen molar-refractivity contribution in [3.05, 3.63) is 24.3 Å². The van der Waals surface area contributed by atoms with Gasteiger partial charge in [-0.3, -0.25) is 0 Å². The molecule has 0 unspecified atom stereocenters. The van der Waals surface area contributed by atoms with Gasteiger partial charge in [0.15, 0.2) is 15.9 Å². The molecule has 0 fully saturated rings. The molecule has 0 spiro atoms. The molecule has 2 N–H and O–H groups in total. The van der Waals surface area contributed by atoms with Gasteiger partial charge < -0.3 is 14.9 Å². The third-order valence-corrected chi connectivity index (χ3v) is 3.83. The van der Waals surface area contributed by atoms with Crippen LogP contribution in [0.4, 0.5) is 0 Å². The Hall–Kier alpha value is -1.60. The SMILES string of the molecule is COc1ccc(S(=O)(=O)C[C@@H](O)C(=O)O)cc1. The Labute approximate surface area is 98.4 Å². The lowest BCUT2D eigenvalue weighted by Gasteiger charge is -2.07. The summed E-state index contributed by atoms with van der Waals surface area (Å²) in [6.07, 6.45) is -1.93. The van der Waals surface area contributed by atoms with Crippen LogP contribution in [-0.2, 0) is 14.6 Å². The van der Waals surface area contributed by atoms with Crippen LogP contribution in [0.15, 0.2) is 29.2 Å². The Balaban J connectivity index is 2.93. The highest BCUT2D eigenvalue weighted by molar-refractivity contribution is 7.91. The van der Waals surface area contributed by atoms with E-state index in [2.05, 4.69) is 0 Å².